The highest BCUT2D eigenvalue weighted by atomic mass is 35.5. The lowest BCUT2D eigenvalue weighted by Crippen LogP contribution is -2.32. The zero-order chi connectivity index (χ0) is 13.5. The minimum atomic E-state index is -2.84. The third kappa shape index (κ3) is 2.82. The molecule has 3 rings (SSSR count). The van der Waals surface area contributed by atoms with Crippen LogP contribution in [-0.4, -0.2) is 35.9 Å². The van der Waals surface area contributed by atoms with Gasteiger partial charge in [0.1, 0.15) is 15.7 Å². The van der Waals surface area contributed by atoms with Gasteiger partial charge in [0.15, 0.2) is 0 Å². The molecule has 0 aromatic carbocycles. The van der Waals surface area contributed by atoms with Gasteiger partial charge < -0.3 is 5.32 Å². The summed E-state index contributed by atoms with van der Waals surface area (Å²) in [5, 5.41) is 5.44. The Morgan fingerprint density at radius 1 is 1.32 bits per heavy atom. The van der Waals surface area contributed by atoms with Crippen LogP contribution in [0, 0.1) is 0 Å². The molecule has 1 saturated heterocycles. The predicted molar refractivity (Wildman–Crippen MR) is 77.7 cm³/mol. The molecule has 1 aliphatic heterocycles. The van der Waals surface area contributed by atoms with Crippen LogP contribution in [-0.2, 0) is 9.84 Å². The van der Waals surface area contributed by atoms with Crippen molar-refractivity contribution in [2.45, 2.75) is 18.9 Å². The fourth-order valence-corrected chi connectivity index (χ4v) is 4.61. The second kappa shape index (κ2) is 4.88. The van der Waals surface area contributed by atoms with Crippen molar-refractivity contribution >= 4 is 48.8 Å². The Morgan fingerprint density at radius 2 is 2.05 bits per heavy atom. The summed E-state index contributed by atoms with van der Waals surface area (Å²) in [6.07, 6.45) is 1.22. The number of aromatic nitrogens is 2. The Kier molecular flexibility index (Phi) is 3.36. The number of thiophene rings is 1. The Bertz CT molecular complexity index is 700. The van der Waals surface area contributed by atoms with Crippen molar-refractivity contribution < 1.29 is 8.42 Å². The molecule has 3 heterocycles. The van der Waals surface area contributed by atoms with Crippen molar-refractivity contribution in [2.24, 2.45) is 0 Å². The first-order chi connectivity index (χ1) is 9.03. The first-order valence-electron chi connectivity index (χ1n) is 5.91. The van der Waals surface area contributed by atoms with E-state index in [0.29, 0.717) is 18.7 Å². The molecule has 0 bridgehead atoms. The Balaban J connectivity index is 1.84. The number of nitrogens with zero attached hydrogens (tertiary/aromatic N) is 2. The third-order valence-corrected chi connectivity index (χ3v) is 5.97. The van der Waals surface area contributed by atoms with Crippen molar-refractivity contribution in [1.82, 2.24) is 9.97 Å². The van der Waals surface area contributed by atoms with Gasteiger partial charge in [-0.3, -0.25) is 0 Å². The van der Waals surface area contributed by atoms with Crippen molar-refractivity contribution in [1.29, 1.82) is 0 Å². The highest BCUT2D eigenvalue weighted by molar-refractivity contribution is 7.91. The summed E-state index contributed by atoms with van der Waals surface area (Å²) in [6, 6.07) is 2.02. The van der Waals surface area contributed by atoms with E-state index in [1.54, 1.807) is 11.3 Å². The predicted octanol–water partition coefficient (Wildman–Crippen LogP) is 2.33. The molecule has 1 N–H and O–H groups in total. The molecule has 1 fully saturated rings. The van der Waals surface area contributed by atoms with Crippen molar-refractivity contribution in [3.63, 3.8) is 0 Å². The third-order valence-electron chi connectivity index (χ3n) is 3.17. The van der Waals surface area contributed by atoms with Gasteiger partial charge in [-0.25, -0.2) is 13.4 Å². The van der Waals surface area contributed by atoms with Crippen LogP contribution in [0.2, 0.25) is 5.28 Å². The van der Waals surface area contributed by atoms with Crippen LogP contribution in [0.3, 0.4) is 0 Å². The SMILES string of the molecule is O=S1(=O)CCC(Nc2nc(Cl)nc3ccsc23)CC1. The summed E-state index contributed by atoms with van der Waals surface area (Å²) in [6.45, 7) is 0. The van der Waals surface area contributed by atoms with Crippen LogP contribution in [0.4, 0.5) is 5.82 Å². The van der Waals surface area contributed by atoms with E-state index in [0.717, 1.165) is 10.2 Å². The van der Waals surface area contributed by atoms with Crippen LogP contribution in [0.25, 0.3) is 10.2 Å². The van der Waals surface area contributed by atoms with Crippen molar-refractivity contribution in [2.75, 3.05) is 16.8 Å². The zero-order valence-corrected chi connectivity index (χ0v) is 12.4. The minimum absolute atomic E-state index is 0.125. The topological polar surface area (TPSA) is 72.0 Å². The first kappa shape index (κ1) is 13.1. The normalized spacial score (nSPS) is 19.6. The molecule has 5 nitrogen and oxygen atoms in total. The van der Waals surface area contributed by atoms with E-state index in [4.69, 9.17) is 11.6 Å². The van der Waals surface area contributed by atoms with E-state index in [2.05, 4.69) is 15.3 Å². The second-order valence-electron chi connectivity index (χ2n) is 4.55. The molecular weight excluding hydrogens is 306 g/mol. The number of halogens is 1. The van der Waals surface area contributed by atoms with E-state index >= 15 is 0 Å². The van der Waals surface area contributed by atoms with Gasteiger partial charge in [0.25, 0.3) is 0 Å². The highest BCUT2D eigenvalue weighted by Crippen LogP contribution is 2.29. The van der Waals surface area contributed by atoms with Crippen LogP contribution >= 0.6 is 22.9 Å². The molecule has 102 valence electrons. The average Bonchev–Trinajstić information content (AvgIpc) is 2.80. The molecule has 1 aliphatic rings. The summed E-state index contributed by atoms with van der Waals surface area (Å²) >= 11 is 7.44. The van der Waals surface area contributed by atoms with Crippen LogP contribution < -0.4 is 5.32 Å². The molecule has 0 saturated carbocycles. The number of hydrogen-bond acceptors (Lipinski definition) is 6. The number of sulfone groups is 1. The molecule has 2 aromatic rings. The summed E-state index contributed by atoms with van der Waals surface area (Å²) in [5.41, 5.74) is 0.816. The lowest BCUT2D eigenvalue weighted by molar-refractivity contribution is 0.559. The highest BCUT2D eigenvalue weighted by Gasteiger charge is 2.24. The number of nitrogens with one attached hydrogen (secondary N) is 1. The van der Waals surface area contributed by atoms with Gasteiger partial charge in [0, 0.05) is 6.04 Å². The quantitative estimate of drug-likeness (QED) is 0.861. The van der Waals surface area contributed by atoms with Gasteiger partial charge >= 0.3 is 0 Å². The van der Waals surface area contributed by atoms with Gasteiger partial charge in [0.05, 0.1) is 21.7 Å². The average molecular weight is 318 g/mol. The Morgan fingerprint density at radius 3 is 2.79 bits per heavy atom. The maximum atomic E-state index is 11.4. The lowest BCUT2D eigenvalue weighted by Gasteiger charge is -2.23. The summed E-state index contributed by atoms with van der Waals surface area (Å²) < 4.78 is 23.8. The molecule has 0 spiro atoms. The van der Waals surface area contributed by atoms with E-state index in [1.165, 1.54) is 0 Å². The smallest absolute Gasteiger partial charge is 0.224 e. The minimum Gasteiger partial charge on any atom is -0.366 e. The number of hydrogen-bond donors (Lipinski definition) is 1. The Hall–Kier alpha value is -0.920. The molecule has 19 heavy (non-hydrogen) atoms. The molecule has 0 atom stereocenters. The summed E-state index contributed by atoms with van der Waals surface area (Å²) in [5.74, 6) is 1.17. The second-order valence-corrected chi connectivity index (χ2v) is 8.10. The number of fused-ring (bicyclic) bond motifs is 1. The molecule has 8 heteroatoms. The Labute approximate surface area is 119 Å². The van der Waals surface area contributed by atoms with Crippen LogP contribution in [0.15, 0.2) is 11.4 Å². The van der Waals surface area contributed by atoms with E-state index in [-0.39, 0.29) is 22.8 Å². The molecule has 0 aliphatic carbocycles. The fraction of sp³-hybridized carbons (Fsp3) is 0.455. The molecular formula is C11H12ClN3O2S2. The maximum Gasteiger partial charge on any atom is 0.224 e. The molecule has 0 unspecified atom stereocenters. The summed E-state index contributed by atoms with van der Waals surface area (Å²) in [7, 11) is -2.84. The largest absolute Gasteiger partial charge is 0.366 e. The van der Waals surface area contributed by atoms with Gasteiger partial charge in [0.2, 0.25) is 5.28 Å². The van der Waals surface area contributed by atoms with Crippen LogP contribution in [0.1, 0.15) is 12.8 Å². The molecule has 2 aromatic heterocycles. The van der Waals surface area contributed by atoms with Gasteiger partial charge in [-0.2, -0.15) is 4.98 Å². The van der Waals surface area contributed by atoms with E-state index in [9.17, 15) is 8.42 Å². The monoisotopic (exact) mass is 317 g/mol. The maximum absolute atomic E-state index is 11.4. The lowest BCUT2D eigenvalue weighted by atomic mass is 10.1. The van der Waals surface area contributed by atoms with Crippen LogP contribution in [0.5, 0.6) is 0 Å². The number of rotatable bonds is 2. The van der Waals surface area contributed by atoms with Gasteiger partial charge in [-0.15, -0.1) is 11.3 Å². The summed E-state index contributed by atoms with van der Waals surface area (Å²) in [4.78, 5) is 8.35. The first-order valence-corrected chi connectivity index (χ1v) is 8.99. The standard InChI is InChI=1S/C11H12ClN3O2S2/c12-11-14-8-1-4-18-9(8)10(15-11)13-7-2-5-19(16,17)6-3-7/h1,4,7H,2-3,5-6H2,(H,13,14,15). The van der Waals surface area contributed by atoms with Crippen molar-refractivity contribution in [3.8, 4) is 0 Å². The van der Waals surface area contributed by atoms with Crippen molar-refractivity contribution in [3.05, 3.63) is 16.7 Å². The molecule has 0 radical (unpaired) electrons. The van der Waals surface area contributed by atoms with E-state index < -0.39 is 9.84 Å². The fourth-order valence-electron chi connectivity index (χ4n) is 2.16. The van der Waals surface area contributed by atoms with Gasteiger partial charge in [-0.05, 0) is 35.9 Å². The number of anilines is 1. The molecule has 0 amide bonds. The van der Waals surface area contributed by atoms with Gasteiger partial charge in [-0.1, -0.05) is 0 Å². The zero-order valence-electron chi connectivity index (χ0n) is 9.97. The van der Waals surface area contributed by atoms with E-state index in [1.807, 2.05) is 11.4 Å².